The Labute approximate surface area is 138 Å². The summed E-state index contributed by atoms with van der Waals surface area (Å²) in [6.45, 7) is 1.30. The van der Waals surface area contributed by atoms with Gasteiger partial charge in [0.15, 0.2) is 0 Å². The Morgan fingerprint density at radius 3 is 2.68 bits per heavy atom. The molecule has 2 rings (SSSR count). The highest BCUT2D eigenvalue weighted by atomic mass is 79.9. The highest BCUT2D eigenvalue weighted by Crippen LogP contribution is 2.21. The number of anilines is 1. The number of benzene rings is 2. The molecule has 0 aromatic heterocycles. The number of nitrogens with one attached hydrogen (secondary N) is 2. The summed E-state index contributed by atoms with van der Waals surface area (Å²) in [4.78, 5) is 11.7. The fourth-order valence-electron chi connectivity index (χ4n) is 1.94. The van der Waals surface area contributed by atoms with Gasteiger partial charge < -0.3 is 10.1 Å². The fourth-order valence-corrected chi connectivity index (χ4v) is 2.30. The number of hydrogen-bond acceptors (Lipinski definition) is 4. The van der Waals surface area contributed by atoms with Gasteiger partial charge in [-0.3, -0.25) is 10.2 Å². The summed E-state index contributed by atoms with van der Waals surface area (Å²) in [7, 11) is 0. The van der Waals surface area contributed by atoms with E-state index in [2.05, 4.69) is 26.7 Å². The van der Waals surface area contributed by atoms with Gasteiger partial charge in [0.25, 0.3) is 5.91 Å². The maximum atomic E-state index is 11.7. The van der Waals surface area contributed by atoms with Crippen molar-refractivity contribution in [2.24, 2.45) is 5.84 Å². The minimum absolute atomic E-state index is 0.329. The molecule has 116 valence electrons. The highest BCUT2D eigenvalue weighted by molar-refractivity contribution is 9.10. The monoisotopic (exact) mass is 363 g/mol. The number of ether oxygens (including phenoxy) is 1. The van der Waals surface area contributed by atoms with E-state index in [0.29, 0.717) is 18.7 Å². The summed E-state index contributed by atoms with van der Waals surface area (Å²) >= 11 is 3.34. The molecule has 0 radical (unpaired) electrons. The van der Waals surface area contributed by atoms with Crippen LogP contribution in [0.4, 0.5) is 5.69 Å². The van der Waals surface area contributed by atoms with Crippen molar-refractivity contribution in [2.45, 2.75) is 6.42 Å². The smallest absolute Gasteiger partial charge is 0.267 e. The van der Waals surface area contributed by atoms with E-state index in [1.54, 1.807) is 6.07 Å². The van der Waals surface area contributed by atoms with Crippen molar-refractivity contribution in [3.63, 3.8) is 0 Å². The lowest BCUT2D eigenvalue weighted by Crippen LogP contribution is -2.30. The van der Waals surface area contributed by atoms with Crippen LogP contribution in [0.3, 0.4) is 0 Å². The van der Waals surface area contributed by atoms with Crippen LogP contribution >= 0.6 is 15.9 Å². The van der Waals surface area contributed by atoms with E-state index in [9.17, 15) is 4.79 Å². The normalized spacial score (nSPS) is 10.1. The Kier molecular flexibility index (Phi) is 6.24. The zero-order valence-electron chi connectivity index (χ0n) is 12.0. The first-order valence-electron chi connectivity index (χ1n) is 6.93. The third kappa shape index (κ3) is 4.75. The lowest BCUT2D eigenvalue weighted by atomic mass is 10.1. The van der Waals surface area contributed by atoms with E-state index >= 15 is 0 Å². The predicted molar refractivity (Wildman–Crippen MR) is 90.8 cm³/mol. The molecule has 0 heterocycles. The van der Waals surface area contributed by atoms with Crippen molar-refractivity contribution in [1.82, 2.24) is 5.43 Å². The molecule has 2 aromatic carbocycles. The zero-order valence-corrected chi connectivity index (χ0v) is 13.6. The Hall–Kier alpha value is -2.05. The molecular formula is C16H18BrN3O2. The number of carbonyl (C=O) groups excluding carboxylic acids is 1. The Morgan fingerprint density at radius 2 is 1.95 bits per heavy atom. The highest BCUT2D eigenvalue weighted by Gasteiger charge is 2.10. The van der Waals surface area contributed by atoms with Crippen molar-refractivity contribution in [1.29, 1.82) is 0 Å². The quantitative estimate of drug-likeness (QED) is 0.306. The van der Waals surface area contributed by atoms with E-state index in [1.807, 2.05) is 42.5 Å². The molecule has 0 unspecified atom stereocenters. The molecule has 0 spiro atoms. The molecule has 5 nitrogen and oxygen atoms in total. The van der Waals surface area contributed by atoms with Crippen molar-refractivity contribution >= 4 is 27.5 Å². The second kappa shape index (κ2) is 8.41. The van der Waals surface area contributed by atoms with E-state index in [0.717, 1.165) is 22.3 Å². The molecule has 22 heavy (non-hydrogen) atoms. The molecule has 6 heteroatoms. The average molecular weight is 364 g/mol. The maximum absolute atomic E-state index is 11.7. The first kappa shape index (κ1) is 16.3. The van der Waals surface area contributed by atoms with Gasteiger partial charge in [-0.25, -0.2) is 5.84 Å². The molecule has 0 atom stereocenters. The Bertz CT molecular complexity index is 620. The van der Waals surface area contributed by atoms with Crippen LogP contribution < -0.4 is 21.3 Å². The maximum Gasteiger partial charge on any atom is 0.267 e. The first-order chi connectivity index (χ1) is 10.7. The van der Waals surface area contributed by atoms with Gasteiger partial charge in [0.2, 0.25) is 0 Å². The van der Waals surface area contributed by atoms with Crippen molar-refractivity contribution in [3.8, 4) is 5.75 Å². The lowest BCUT2D eigenvalue weighted by molar-refractivity contribution is 0.0954. The molecule has 0 saturated heterocycles. The molecule has 1 amide bonds. The molecule has 0 aliphatic heterocycles. The van der Waals surface area contributed by atoms with Gasteiger partial charge in [0, 0.05) is 16.7 Å². The van der Waals surface area contributed by atoms with Crippen LogP contribution in [0.15, 0.2) is 53.0 Å². The molecule has 0 saturated carbocycles. The largest absolute Gasteiger partial charge is 0.494 e. The average Bonchev–Trinajstić information content (AvgIpc) is 2.56. The predicted octanol–water partition coefficient (Wildman–Crippen LogP) is 2.93. The second-order valence-corrected chi connectivity index (χ2v) is 5.52. The van der Waals surface area contributed by atoms with Crippen LogP contribution in [0.5, 0.6) is 5.75 Å². The lowest BCUT2D eigenvalue weighted by Gasteiger charge is -2.12. The van der Waals surface area contributed by atoms with Gasteiger partial charge >= 0.3 is 0 Å². The third-order valence-electron chi connectivity index (χ3n) is 3.01. The fraction of sp³-hybridized carbons (Fsp3) is 0.188. The van der Waals surface area contributed by atoms with Crippen LogP contribution in [0.2, 0.25) is 0 Å². The number of amides is 1. The summed E-state index contributed by atoms with van der Waals surface area (Å²) in [5, 5.41) is 3.22. The second-order valence-electron chi connectivity index (χ2n) is 4.61. The van der Waals surface area contributed by atoms with Crippen LogP contribution in [0.25, 0.3) is 0 Å². The Balaban J connectivity index is 1.83. The number of carbonyl (C=O) groups is 1. The number of hydrogen-bond donors (Lipinski definition) is 3. The number of nitrogen functional groups attached to an aromatic ring is 1. The molecule has 0 aliphatic carbocycles. The molecule has 0 fully saturated rings. The van der Waals surface area contributed by atoms with E-state index < -0.39 is 0 Å². The van der Waals surface area contributed by atoms with Gasteiger partial charge in [-0.15, -0.1) is 0 Å². The SMILES string of the molecule is NNC(=O)c1cc(Br)ccc1NCCCOc1ccccc1. The molecule has 0 bridgehead atoms. The van der Waals surface area contributed by atoms with Gasteiger partial charge in [0.1, 0.15) is 5.75 Å². The van der Waals surface area contributed by atoms with E-state index in [1.165, 1.54) is 0 Å². The van der Waals surface area contributed by atoms with Crippen molar-refractivity contribution in [3.05, 3.63) is 58.6 Å². The number of para-hydroxylation sites is 1. The number of nitrogens with two attached hydrogens (primary N) is 1. The minimum atomic E-state index is -0.329. The topological polar surface area (TPSA) is 76.4 Å². The third-order valence-corrected chi connectivity index (χ3v) is 3.50. The van der Waals surface area contributed by atoms with Gasteiger partial charge in [0.05, 0.1) is 12.2 Å². The molecule has 4 N–H and O–H groups in total. The summed E-state index contributed by atoms with van der Waals surface area (Å²) in [5.74, 6) is 5.73. The van der Waals surface area contributed by atoms with Crippen LogP contribution in [-0.4, -0.2) is 19.1 Å². The van der Waals surface area contributed by atoms with Crippen LogP contribution in [-0.2, 0) is 0 Å². The number of hydrazine groups is 1. The van der Waals surface area contributed by atoms with Gasteiger partial charge in [-0.2, -0.15) is 0 Å². The summed E-state index contributed by atoms with van der Waals surface area (Å²) in [6, 6.07) is 15.1. The Morgan fingerprint density at radius 1 is 1.18 bits per heavy atom. The van der Waals surface area contributed by atoms with E-state index in [-0.39, 0.29) is 5.91 Å². The standard InChI is InChI=1S/C16H18BrN3O2/c17-12-7-8-15(14(11-12)16(21)20-18)19-9-4-10-22-13-5-2-1-3-6-13/h1-3,5-8,11,19H,4,9-10,18H2,(H,20,21). The number of halogens is 1. The van der Waals surface area contributed by atoms with Gasteiger partial charge in [-0.05, 0) is 36.8 Å². The number of rotatable bonds is 7. The van der Waals surface area contributed by atoms with Gasteiger partial charge in [-0.1, -0.05) is 34.1 Å². The molecule has 2 aromatic rings. The molecule has 0 aliphatic rings. The van der Waals surface area contributed by atoms with E-state index in [4.69, 9.17) is 10.6 Å². The van der Waals surface area contributed by atoms with Crippen molar-refractivity contribution < 1.29 is 9.53 Å². The zero-order chi connectivity index (χ0) is 15.8. The minimum Gasteiger partial charge on any atom is -0.494 e. The summed E-state index contributed by atoms with van der Waals surface area (Å²) < 4.78 is 6.44. The summed E-state index contributed by atoms with van der Waals surface area (Å²) in [5.41, 5.74) is 3.39. The van der Waals surface area contributed by atoms with Crippen LogP contribution in [0.1, 0.15) is 16.8 Å². The van der Waals surface area contributed by atoms with Crippen molar-refractivity contribution in [2.75, 3.05) is 18.5 Å². The molecular weight excluding hydrogens is 346 g/mol. The summed E-state index contributed by atoms with van der Waals surface area (Å²) in [6.07, 6.45) is 0.814. The first-order valence-corrected chi connectivity index (χ1v) is 7.72. The van der Waals surface area contributed by atoms with Crippen LogP contribution in [0, 0.1) is 0 Å².